The molecule has 1 spiro atoms. The number of amides is 2. The second-order valence-electron chi connectivity index (χ2n) is 7.18. The number of likely N-dealkylation sites (tertiary alicyclic amines) is 2. The molecule has 1 atom stereocenters. The molecule has 2 aromatic rings. The van der Waals surface area contributed by atoms with Crippen LogP contribution in [0.2, 0.25) is 0 Å². The van der Waals surface area contributed by atoms with Crippen molar-refractivity contribution < 1.29 is 9.59 Å². The Labute approximate surface area is 147 Å². The molecule has 5 heteroatoms. The van der Waals surface area contributed by atoms with Crippen molar-refractivity contribution in [3.05, 3.63) is 59.9 Å². The van der Waals surface area contributed by atoms with Gasteiger partial charge in [-0.3, -0.25) is 9.59 Å². The Bertz CT molecular complexity index is 762. The second kappa shape index (κ2) is 6.06. The Morgan fingerprint density at radius 1 is 1.12 bits per heavy atom. The third-order valence-electron chi connectivity index (χ3n) is 5.87. The van der Waals surface area contributed by atoms with E-state index in [1.165, 1.54) is 5.56 Å². The molecule has 130 valence electrons. The molecule has 0 bridgehead atoms. The number of benzene rings is 1. The molecular formula is C20H23N3O2. The van der Waals surface area contributed by atoms with Crippen LogP contribution in [-0.2, 0) is 4.79 Å². The molecule has 0 aliphatic carbocycles. The third-order valence-corrected chi connectivity index (χ3v) is 5.87. The molecule has 3 heterocycles. The number of carbonyl (C=O) groups excluding carboxylic acids is 2. The Balaban J connectivity index is 1.57. The Hall–Kier alpha value is -2.56. The van der Waals surface area contributed by atoms with Gasteiger partial charge in [-0.15, -0.1) is 0 Å². The van der Waals surface area contributed by atoms with E-state index in [0.717, 1.165) is 19.4 Å². The predicted octanol–water partition coefficient (Wildman–Crippen LogP) is 2.49. The zero-order chi connectivity index (χ0) is 17.4. The SMILES string of the molecule is CN1C[C@H](c2ccccc2)C2(CCN(C(=O)c3ccc[nH]3)CC2)C1=O. The van der Waals surface area contributed by atoms with Crippen LogP contribution in [0.4, 0.5) is 0 Å². The van der Waals surface area contributed by atoms with E-state index in [0.29, 0.717) is 18.8 Å². The van der Waals surface area contributed by atoms with Gasteiger partial charge in [0.25, 0.3) is 5.91 Å². The van der Waals surface area contributed by atoms with Crippen molar-refractivity contribution in [2.75, 3.05) is 26.7 Å². The van der Waals surface area contributed by atoms with Gasteiger partial charge in [-0.05, 0) is 30.5 Å². The molecule has 2 saturated heterocycles. The van der Waals surface area contributed by atoms with Crippen molar-refractivity contribution in [1.29, 1.82) is 0 Å². The first-order valence-electron chi connectivity index (χ1n) is 8.85. The van der Waals surface area contributed by atoms with E-state index >= 15 is 0 Å². The minimum atomic E-state index is -0.372. The molecule has 5 nitrogen and oxygen atoms in total. The maximum Gasteiger partial charge on any atom is 0.270 e. The van der Waals surface area contributed by atoms with Gasteiger partial charge >= 0.3 is 0 Å². The van der Waals surface area contributed by atoms with Crippen molar-refractivity contribution in [2.24, 2.45) is 5.41 Å². The summed E-state index contributed by atoms with van der Waals surface area (Å²) in [5.74, 6) is 0.456. The highest BCUT2D eigenvalue weighted by molar-refractivity contribution is 5.93. The van der Waals surface area contributed by atoms with Crippen LogP contribution in [-0.4, -0.2) is 53.3 Å². The number of hydrogen-bond donors (Lipinski definition) is 1. The molecule has 2 aliphatic rings. The van der Waals surface area contributed by atoms with Gasteiger partial charge in [-0.1, -0.05) is 30.3 Å². The summed E-state index contributed by atoms with van der Waals surface area (Å²) in [5, 5.41) is 0. The number of hydrogen-bond acceptors (Lipinski definition) is 2. The van der Waals surface area contributed by atoms with Crippen molar-refractivity contribution in [3.63, 3.8) is 0 Å². The maximum atomic E-state index is 13.0. The van der Waals surface area contributed by atoms with E-state index in [9.17, 15) is 9.59 Å². The van der Waals surface area contributed by atoms with Crippen LogP contribution in [0.5, 0.6) is 0 Å². The number of aromatic nitrogens is 1. The summed E-state index contributed by atoms with van der Waals surface area (Å²) in [6.45, 7) is 2.01. The van der Waals surface area contributed by atoms with E-state index in [1.54, 1.807) is 12.3 Å². The number of carbonyl (C=O) groups is 2. The summed E-state index contributed by atoms with van der Waals surface area (Å²) in [4.78, 5) is 32.3. The van der Waals surface area contributed by atoms with E-state index in [2.05, 4.69) is 17.1 Å². The van der Waals surface area contributed by atoms with E-state index in [-0.39, 0.29) is 23.1 Å². The van der Waals surface area contributed by atoms with Crippen molar-refractivity contribution in [3.8, 4) is 0 Å². The predicted molar refractivity (Wildman–Crippen MR) is 95.2 cm³/mol. The lowest BCUT2D eigenvalue weighted by atomic mass is 9.68. The molecule has 1 aromatic carbocycles. The van der Waals surface area contributed by atoms with Crippen LogP contribution >= 0.6 is 0 Å². The zero-order valence-corrected chi connectivity index (χ0v) is 14.4. The smallest absolute Gasteiger partial charge is 0.270 e. The van der Waals surface area contributed by atoms with E-state index in [4.69, 9.17) is 0 Å². The fourth-order valence-corrected chi connectivity index (χ4v) is 4.48. The highest BCUT2D eigenvalue weighted by Crippen LogP contribution is 2.50. The summed E-state index contributed by atoms with van der Waals surface area (Å²) >= 11 is 0. The van der Waals surface area contributed by atoms with Crippen LogP contribution in [0.25, 0.3) is 0 Å². The largest absolute Gasteiger partial charge is 0.357 e. The normalized spacial score (nSPS) is 22.6. The minimum absolute atomic E-state index is 0.0231. The molecule has 1 N–H and O–H groups in total. The first-order chi connectivity index (χ1) is 12.1. The lowest BCUT2D eigenvalue weighted by Gasteiger charge is -2.41. The van der Waals surface area contributed by atoms with Crippen LogP contribution < -0.4 is 0 Å². The van der Waals surface area contributed by atoms with Crippen molar-refractivity contribution >= 4 is 11.8 Å². The van der Waals surface area contributed by atoms with E-state index in [1.807, 2.05) is 41.1 Å². The molecule has 0 saturated carbocycles. The molecule has 1 aromatic heterocycles. The lowest BCUT2D eigenvalue weighted by Crippen LogP contribution is -2.48. The quantitative estimate of drug-likeness (QED) is 0.915. The first kappa shape index (κ1) is 15.9. The number of rotatable bonds is 2. The summed E-state index contributed by atoms with van der Waals surface area (Å²) < 4.78 is 0. The number of nitrogens with one attached hydrogen (secondary N) is 1. The van der Waals surface area contributed by atoms with Gasteiger partial charge in [-0.25, -0.2) is 0 Å². The van der Waals surface area contributed by atoms with Crippen LogP contribution in [0.15, 0.2) is 48.7 Å². The third kappa shape index (κ3) is 2.54. The summed E-state index contributed by atoms with van der Waals surface area (Å²) in [6.07, 6.45) is 3.21. The number of likely N-dealkylation sites (N-methyl/N-ethyl adjacent to an activating group) is 1. The Kier molecular flexibility index (Phi) is 3.86. The molecule has 25 heavy (non-hydrogen) atoms. The topological polar surface area (TPSA) is 56.4 Å². The fourth-order valence-electron chi connectivity index (χ4n) is 4.48. The summed E-state index contributed by atoms with van der Waals surface area (Å²) in [7, 11) is 1.89. The number of aromatic amines is 1. The molecule has 0 unspecified atom stereocenters. The molecular weight excluding hydrogens is 314 g/mol. The Morgan fingerprint density at radius 2 is 1.84 bits per heavy atom. The van der Waals surface area contributed by atoms with Gasteiger partial charge in [-0.2, -0.15) is 0 Å². The Morgan fingerprint density at radius 3 is 2.48 bits per heavy atom. The van der Waals surface area contributed by atoms with Gasteiger partial charge in [0.2, 0.25) is 5.91 Å². The highest BCUT2D eigenvalue weighted by Gasteiger charge is 2.54. The van der Waals surface area contributed by atoms with Crippen LogP contribution in [0.1, 0.15) is 34.8 Å². The monoisotopic (exact) mass is 337 g/mol. The summed E-state index contributed by atoms with van der Waals surface area (Å²) in [5.41, 5.74) is 1.47. The van der Waals surface area contributed by atoms with E-state index < -0.39 is 0 Å². The van der Waals surface area contributed by atoms with Gasteiger partial charge in [0.05, 0.1) is 5.41 Å². The number of piperidine rings is 1. The fraction of sp³-hybridized carbons (Fsp3) is 0.400. The highest BCUT2D eigenvalue weighted by atomic mass is 16.2. The van der Waals surface area contributed by atoms with Crippen LogP contribution in [0, 0.1) is 5.41 Å². The van der Waals surface area contributed by atoms with Crippen LogP contribution in [0.3, 0.4) is 0 Å². The number of H-pyrrole nitrogens is 1. The minimum Gasteiger partial charge on any atom is -0.357 e. The van der Waals surface area contributed by atoms with Gasteiger partial charge in [0.1, 0.15) is 5.69 Å². The van der Waals surface area contributed by atoms with Gasteiger partial charge < -0.3 is 14.8 Å². The molecule has 4 rings (SSSR count). The van der Waals surface area contributed by atoms with Crippen molar-refractivity contribution in [1.82, 2.24) is 14.8 Å². The first-order valence-corrected chi connectivity index (χ1v) is 8.85. The van der Waals surface area contributed by atoms with Gasteiger partial charge in [0.15, 0.2) is 0 Å². The molecule has 2 aliphatic heterocycles. The zero-order valence-electron chi connectivity index (χ0n) is 14.4. The lowest BCUT2D eigenvalue weighted by molar-refractivity contribution is -0.137. The summed E-state index contributed by atoms with van der Waals surface area (Å²) in [6, 6.07) is 14.0. The standard InChI is InChI=1S/C20H23N3O2/c1-22-14-16(15-6-3-2-4-7-15)20(19(22)25)9-12-23(13-10-20)18(24)17-8-5-11-21-17/h2-8,11,16,21H,9-10,12-14H2,1H3/t16-/m1/s1. The van der Waals surface area contributed by atoms with Gasteiger partial charge in [0, 0.05) is 38.8 Å². The maximum absolute atomic E-state index is 13.0. The average Bonchev–Trinajstić information content (AvgIpc) is 3.27. The number of nitrogens with zero attached hydrogens (tertiary/aromatic N) is 2. The molecule has 2 amide bonds. The molecule has 0 radical (unpaired) electrons. The average molecular weight is 337 g/mol. The second-order valence-corrected chi connectivity index (χ2v) is 7.18. The molecule has 2 fully saturated rings. The van der Waals surface area contributed by atoms with Crippen molar-refractivity contribution in [2.45, 2.75) is 18.8 Å².